The van der Waals surface area contributed by atoms with Crippen molar-refractivity contribution in [3.63, 3.8) is 0 Å². The summed E-state index contributed by atoms with van der Waals surface area (Å²) >= 11 is 0. The lowest BCUT2D eigenvalue weighted by atomic mass is 10.1. The molecule has 0 radical (unpaired) electrons. The molecule has 11 nitrogen and oxygen atoms in total. The van der Waals surface area contributed by atoms with Crippen LogP contribution < -0.4 is 20.3 Å². The second kappa shape index (κ2) is 14.9. The summed E-state index contributed by atoms with van der Waals surface area (Å²) in [5, 5.41) is 7.05. The average molecular weight is 657 g/mol. The minimum absolute atomic E-state index is 0.00305. The van der Waals surface area contributed by atoms with Crippen molar-refractivity contribution in [2.75, 3.05) is 69.8 Å². The summed E-state index contributed by atoms with van der Waals surface area (Å²) < 4.78 is 24.4. The Kier molecular flexibility index (Phi) is 11.6. The molecule has 2 N–H and O–H groups in total. The number of nitrogens with zero attached hydrogens (tertiary/aromatic N) is 4. The van der Waals surface area contributed by atoms with Crippen molar-refractivity contribution in [1.82, 2.24) is 20.2 Å². The van der Waals surface area contributed by atoms with Gasteiger partial charge in [0.25, 0.3) is 0 Å². The number of anilines is 2. The van der Waals surface area contributed by atoms with Gasteiger partial charge in [-0.05, 0) is 64.4 Å². The molecule has 46 heavy (non-hydrogen) atoms. The summed E-state index contributed by atoms with van der Waals surface area (Å²) in [7, 11) is -0.431. The Hall–Kier alpha value is -2.93. The molecule has 12 heteroatoms. The largest absolute Gasteiger partial charge is 0.491 e. The van der Waals surface area contributed by atoms with E-state index >= 15 is 0 Å². The number of carbonyl (C=O) groups excluding carboxylic acids is 1. The van der Waals surface area contributed by atoms with Crippen molar-refractivity contribution in [2.45, 2.75) is 90.8 Å². The highest BCUT2D eigenvalue weighted by Crippen LogP contribution is 2.37. The van der Waals surface area contributed by atoms with Crippen LogP contribution in [0.1, 0.15) is 53.5 Å². The molecule has 0 saturated carbocycles. The van der Waals surface area contributed by atoms with Gasteiger partial charge in [-0.2, -0.15) is 0 Å². The zero-order valence-electron chi connectivity index (χ0n) is 29.7. The minimum Gasteiger partial charge on any atom is -0.491 e. The second-order valence-electron chi connectivity index (χ2n) is 15.0. The Labute approximate surface area is 276 Å². The van der Waals surface area contributed by atoms with Crippen LogP contribution in [0.2, 0.25) is 18.1 Å². The predicted octanol–water partition coefficient (Wildman–Crippen LogP) is 5.70. The fourth-order valence-electron chi connectivity index (χ4n) is 5.15. The molecular formula is C34H56N6O5Si. The molecule has 0 bridgehead atoms. The molecule has 2 fully saturated rings. The minimum atomic E-state index is -2.17. The third-order valence-corrected chi connectivity index (χ3v) is 13.3. The Bertz CT molecular complexity index is 1320. The number of rotatable bonds is 11. The SMILES string of the molecule is Cc1c(N[C@@H]2CCOC2)nc(-c2cccc(OCC(CN(C)C(=O)OC(C)(C)C)O[Si](C)(C)C(C)(C)C)c2)nc1N1CCNCC1. The summed E-state index contributed by atoms with van der Waals surface area (Å²) in [6.45, 7) is 24.4. The molecule has 4 rings (SSSR count). The van der Waals surface area contributed by atoms with E-state index in [1.807, 2.05) is 45.0 Å². The van der Waals surface area contributed by atoms with Crippen molar-refractivity contribution in [3.05, 3.63) is 29.8 Å². The molecule has 0 spiro atoms. The van der Waals surface area contributed by atoms with E-state index in [0.717, 1.165) is 62.0 Å². The fraction of sp³-hybridized carbons (Fsp3) is 0.676. The molecule has 2 atom stereocenters. The first-order valence-corrected chi connectivity index (χ1v) is 19.5. The van der Waals surface area contributed by atoms with Crippen LogP contribution in [-0.2, 0) is 13.9 Å². The van der Waals surface area contributed by atoms with E-state index in [2.05, 4.69) is 56.3 Å². The normalized spacial score (nSPS) is 18.3. The van der Waals surface area contributed by atoms with Gasteiger partial charge in [0.1, 0.15) is 29.6 Å². The van der Waals surface area contributed by atoms with Gasteiger partial charge in [-0.3, -0.25) is 0 Å². The van der Waals surface area contributed by atoms with Crippen molar-refractivity contribution in [2.24, 2.45) is 0 Å². The molecule has 1 unspecified atom stereocenters. The summed E-state index contributed by atoms with van der Waals surface area (Å²) in [6.07, 6.45) is 0.219. The summed E-state index contributed by atoms with van der Waals surface area (Å²) in [5.41, 5.74) is 1.33. The molecule has 1 aromatic heterocycles. The first-order chi connectivity index (χ1) is 21.5. The first kappa shape index (κ1) is 35.9. The Morgan fingerprint density at radius 1 is 1.17 bits per heavy atom. The number of ether oxygens (including phenoxy) is 3. The van der Waals surface area contributed by atoms with E-state index in [4.69, 9.17) is 28.6 Å². The maximum absolute atomic E-state index is 12.8. The number of hydrogen-bond acceptors (Lipinski definition) is 10. The van der Waals surface area contributed by atoms with Gasteiger partial charge in [0.15, 0.2) is 14.1 Å². The van der Waals surface area contributed by atoms with E-state index in [1.54, 1.807) is 11.9 Å². The lowest BCUT2D eigenvalue weighted by Gasteiger charge is -2.40. The van der Waals surface area contributed by atoms with Crippen LogP contribution in [-0.4, -0.2) is 107 Å². The molecule has 1 aromatic carbocycles. The van der Waals surface area contributed by atoms with Crippen LogP contribution >= 0.6 is 0 Å². The number of hydrogen-bond donors (Lipinski definition) is 2. The number of aromatic nitrogens is 2. The van der Waals surface area contributed by atoms with Gasteiger partial charge >= 0.3 is 6.09 Å². The van der Waals surface area contributed by atoms with Crippen molar-refractivity contribution in [3.8, 4) is 17.1 Å². The van der Waals surface area contributed by atoms with Gasteiger partial charge in [0.2, 0.25) is 0 Å². The van der Waals surface area contributed by atoms with Crippen LogP contribution in [0.3, 0.4) is 0 Å². The lowest BCUT2D eigenvalue weighted by molar-refractivity contribution is 0.0172. The van der Waals surface area contributed by atoms with Crippen LogP contribution in [0.5, 0.6) is 5.75 Å². The quantitative estimate of drug-likeness (QED) is 0.293. The standard InChI is InChI=1S/C34H56N6O5Si/c1-24-29(36-26-14-19-42-22-26)37-30(38-31(24)40-17-15-35-16-18-40)25-12-11-13-27(20-25)43-23-28(45-46(9,10)34(5,6)7)21-39(8)32(41)44-33(2,3)4/h11-13,20,26,28,35H,14-19,21-23H2,1-10H3,(H,36,37,38)/t26-,28?/m1/s1. The predicted molar refractivity (Wildman–Crippen MR) is 187 cm³/mol. The van der Waals surface area contributed by atoms with E-state index in [9.17, 15) is 4.79 Å². The maximum atomic E-state index is 12.8. The monoisotopic (exact) mass is 656 g/mol. The van der Waals surface area contributed by atoms with E-state index in [1.165, 1.54) is 0 Å². The fourth-order valence-corrected chi connectivity index (χ4v) is 6.48. The molecule has 3 heterocycles. The number of amides is 1. The highest BCUT2D eigenvalue weighted by Gasteiger charge is 2.40. The van der Waals surface area contributed by atoms with Gasteiger partial charge in [0.05, 0.1) is 25.3 Å². The lowest BCUT2D eigenvalue weighted by Crippen LogP contribution is -2.49. The van der Waals surface area contributed by atoms with Gasteiger partial charge < -0.3 is 39.1 Å². The van der Waals surface area contributed by atoms with E-state index in [-0.39, 0.29) is 29.9 Å². The van der Waals surface area contributed by atoms with E-state index < -0.39 is 13.9 Å². The number of piperazine rings is 1. The molecule has 2 aliphatic rings. The van der Waals surface area contributed by atoms with Crippen molar-refractivity contribution >= 4 is 26.0 Å². The van der Waals surface area contributed by atoms with Gasteiger partial charge in [-0.1, -0.05) is 32.9 Å². The second-order valence-corrected chi connectivity index (χ2v) is 19.7. The van der Waals surface area contributed by atoms with Crippen LogP contribution in [0.25, 0.3) is 11.4 Å². The molecule has 256 valence electrons. The van der Waals surface area contributed by atoms with Gasteiger partial charge in [0, 0.05) is 51.0 Å². The maximum Gasteiger partial charge on any atom is 0.410 e. The summed E-state index contributed by atoms with van der Waals surface area (Å²) in [5.74, 6) is 3.12. The van der Waals surface area contributed by atoms with Crippen molar-refractivity contribution in [1.29, 1.82) is 0 Å². The molecule has 2 aromatic rings. The van der Waals surface area contributed by atoms with Gasteiger partial charge in [-0.25, -0.2) is 14.8 Å². The molecule has 0 aliphatic carbocycles. The molecule has 2 saturated heterocycles. The van der Waals surface area contributed by atoms with Crippen LogP contribution in [0.15, 0.2) is 24.3 Å². The summed E-state index contributed by atoms with van der Waals surface area (Å²) in [6, 6.07) is 8.12. The number of likely N-dealkylation sites (N-methyl/N-ethyl adjacent to an activating group) is 1. The highest BCUT2D eigenvalue weighted by atomic mass is 28.4. The smallest absolute Gasteiger partial charge is 0.410 e. The average Bonchev–Trinajstić information content (AvgIpc) is 3.49. The van der Waals surface area contributed by atoms with Gasteiger partial charge in [-0.15, -0.1) is 0 Å². The Morgan fingerprint density at radius 3 is 2.52 bits per heavy atom. The van der Waals surface area contributed by atoms with E-state index in [0.29, 0.717) is 24.7 Å². The topological polar surface area (TPSA) is 110 Å². The Balaban J connectivity index is 1.57. The summed E-state index contributed by atoms with van der Waals surface area (Å²) in [4.78, 5) is 26.8. The van der Waals surface area contributed by atoms with Crippen molar-refractivity contribution < 1.29 is 23.4 Å². The number of benzene rings is 1. The zero-order chi connectivity index (χ0) is 33.7. The highest BCUT2D eigenvalue weighted by molar-refractivity contribution is 6.74. The number of nitrogens with one attached hydrogen (secondary N) is 2. The molecular weight excluding hydrogens is 600 g/mol. The number of carbonyl (C=O) groups is 1. The zero-order valence-corrected chi connectivity index (χ0v) is 30.7. The third kappa shape index (κ3) is 9.79. The van der Waals surface area contributed by atoms with Crippen LogP contribution in [0, 0.1) is 6.92 Å². The third-order valence-electron chi connectivity index (χ3n) is 8.79. The first-order valence-electron chi connectivity index (χ1n) is 16.6. The molecule has 2 aliphatic heterocycles. The molecule has 1 amide bonds. The Morgan fingerprint density at radius 2 is 1.89 bits per heavy atom. The van der Waals surface area contributed by atoms with Crippen LogP contribution in [0.4, 0.5) is 16.4 Å².